The predicted molar refractivity (Wildman–Crippen MR) is 80.1 cm³/mol. The summed E-state index contributed by atoms with van der Waals surface area (Å²) in [6.07, 6.45) is 1.51. The number of carbonyl (C=O) groups excluding carboxylic acids is 1. The standard InChI is InChI=1S/C15H19FN2O.ClH/c1-10(2)18-13-4-3-11(16)9-12(13)15(14(18)19)5-7-17-8-6-15;/h3-4,9-10,17H,5-8H2,1-2H3;1H. The van der Waals surface area contributed by atoms with Crippen molar-refractivity contribution in [3.8, 4) is 0 Å². The highest BCUT2D eigenvalue weighted by molar-refractivity contribution is 6.08. The molecule has 2 aliphatic rings. The summed E-state index contributed by atoms with van der Waals surface area (Å²) in [6.45, 7) is 5.64. The van der Waals surface area contributed by atoms with Gasteiger partial charge in [-0.2, -0.15) is 0 Å². The van der Waals surface area contributed by atoms with E-state index >= 15 is 0 Å². The molecule has 3 rings (SSSR count). The Hall–Kier alpha value is -1.13. The van der Waals surface area contributed by atoms with Crippen LogP contribution < -0.4 is 10.2 Å². The molecule has 0 bridgehead atoms. The van der Waals surface area contributed by atoms with Crippen molar-refractivity contribution in [1.29, 1.82) is 0 Å². The van der Waals surface area contributed by atoms with Crippen LogP contribution in [-0.2, 0) is 10.2 Å². The van der Waals surface area contributed by atoms with E-state index in [2.05, 4.69) is 5.32 Å². The lowest BCUT2D eigenvalue weighted by atomic mass is 9.74. The minimum absolute atomic E-state index is 0. The molecule has 0 radical (unpaired) electrons. The normalized spacial score (nSPS) is 20.2. The van der Waals surface area contributed by atoms with Gasteiger partial charge < -0.3 is 10.2 Å². The molecule has 20 heavy (non-hydrogen) atoms. The van der Waals surface area contributed by atoms with Crippen LogP contribution in [0.2, 0.25) is 0 Å². The van der Waals surface area contributed by atoms with E-state index in [0.717, 1.165) is 37.2 Å². The molecule has 3 nitrogen and oxygen atoms in total. The van der Waals surface area contributed by atoms with E-state index in [-0.39, 0.29) is 30.2 Å². The number of benzene rings is 1. The van der Waals surface area contributed by atoms with Gasteiger partial charge in [0, 0.05) is 11.7 Å². The van der Waals surface area contributed by atoms with Crippen LogP contribution in [0.3, 0.4) is 0 Å². The van der Waals surface area contributed by atoms with Crippen molar-refractivity contribution in [3.05, 3.63) is 29.6 Å². The maximum absolute atomic E-state index is 13.6. The third-order valence-corrected chi connectivity index (χ3v) is 4.34. The lowest BCUT2D eigenvalue weighted by molar-refractivity contribution is -0.124. The maximum atomic E-state index is 13.6. The van der Waals surface area contributed by atoms with Crippen LogP contribution in [0.5, 0.6) is 0 Å². The summed E-state index contributed by atoms with van der Waals surface area (Å²) in [5, 5.41) is 3.28. The fourth-order valence-electron chi connectivity index (χ4n) is 3.41. The summed E-state index contributed by atoms with van der Waals surface area (Å²) >= 11 is 0. The molecule has 1 spiro atoms. The summed E-state index contributed by atoms with van der Waals surface area (Å²) in [7, 11) is 0. The average molecular weight is 299 g/mol. The topological polar surface area (TPSA) is 32.3 Å². The van der Waals surface area contributed by atoms with E-state index in [1.807, 2.05) is 18.7 Å². The van der Waals surface area contributed by atoms with Gasteiger partial charge in [0.25, 0.3) is 0 Å². The van der Waals surface area contributed by atoms with Crippen LogP contribution in [-0.4, -0.2) is 25.0 Å². The molecule has 0 saturated carbocycles. The van der Waals surface area contributed by atoms with Gasteiger partial charge in [-0.15, -0.1) is 12.4 Å². The predicted octanol–water partition coefficient (Wildman–Crippen LogP) is 2.62. The molecule has 0 unspecified atom stereocenters. The van der Waals surface area contributed by atoms with Gasteiger partial charge in [0.05, 0.1) is 5.41 Å². The van der Waals surface area contributed by atoms with Gasteiger partial charge in [0.15, 0.2) is 0 Å². The number of nitrogens with zero attached hydrogens (tertiary/aromatic N) is 1. The highest BCUT2D eigenvalue weighted by Gasteiger charge is 2.51. The minimum atomic E-state index is -0.507. The number of nitrogens with one attached hydrogen (secondary N) is 1. The third kappa shape index (κ3) is 2.02. The lowest BCUT2D eigenvalue weighted by Gasteiger charge is -2.33. The second-order valence-electron chi connectivity index (χ2n) is 5.76. The van der Waals surface area contributed by atoms with Crippen LogP contribution in [0, 0.1) is 5.82 Å². The number of carbonyl (C=O) groups is 1. The van der Waals surface area contributed by atoms with Crippen molar-refractivity contribution >= 4 is 24.0 Å². The highest BCUT2D eigenvalue weighted by atomic mass is 35.5. The summed E-state index contributed by atoms with van der Waals surface area (Å²) in [5.41, 5.74) is 1.27. The van der Waals surface area contributed by atoms with Crippen LogP contribution in [0.15, 0.2) is 18.2 Å². The zero-order chi connectivity index (χ0) is 13.6. The van der Waals surface area contributed by atoms with Crippen molar-refractivity contribution in [2.45, 2.75) is 38.1 Å². The van der Waals surface area contributed by atoms with Crippen molar-refractivity contribution in [1.82, 2.24) is 5.32 Å². The van der Waals surface area contributed by atoms with Gasteiger partial charge in [-0.25, -0.2) is 4.39 Å². The van der Waals surface area contributed by atoms with Crippen molar-refractivity contribution < 1.29 is 9.18 Å². The molecule has 0 atom stereocenters. The Labute approximate surface area is 124 Å². The monoisotopic (exact) mass is 298 g/mol. The number of anilines is 1. The van der Waals surface area contributed by atoms with Gasteiger partial charge in [-0.1, -0.05) is 0 Å². The Morgan fingerprint density at radius 1 is 1.30 bits per heavy atom. The molecular weight excluding hydrogens is 279 g/mol. The molecule has 1 amide bonds. The molecule has 5 heteroatoms. The van der Waals surface area contributed by atoms with Crippen molar-refractivity contribution in [2.24, 2.45) is 0 Å². The quantitative estimate of drug-likeness (QED) is 0.864. The van der Waals surface area contributed by atoms with Crippen molar-refractivity contribution in [3.63, 3.8) is 0 Å². The minimum Gasteiger partial charge on any atom is -0.317 e. The molecule has 1 saturated heterocycles. The fourth-order valence-corrected chi connectivity index (χ4v) is 3.41. The molecule has 1 fully saturated rings. The summed E-state index contributed by atoms with van der Waals surface area (Å²) in [6, 6.07) is 4.85. The second-order valence-corrected chi connectivity index (χ2v) is 5.76. The molecular formula is C15H20ClFN2O. The maximum Gasteiger partial charge on any atom is 0.238 e. The Morgan fingerprint density at radius 2 is 1.95 bits per heavy atom. The fraction of sp³-hybridized carbons (Fsp3) is 0.533. The van der Waals surface area contributed by atoms with E-state index in [0.29, 0.717) is 0 Å². The number of hydrogen-bond acceptors (Lipinski definition) is 2. The Morgan fingerprint density at radius 3 is 2.55 bits per heavy atom. The first kappa shape index (κ1) is 15.3. The third-order valence-electron chi connectivity index (χ3n) is 4.34. The molecule has 0 aromatic heterocycles. The van der Waals surface area contributed by atoms with Gasteiger partial charge >= 0.3 is 0 Å². The highest BCUT2D eigenvalue weighted by Crippen LogP contribution is 2.47. The van der Waals surface area contributed by atoms with E-state index in [9.17, 15) is 9.18 Å². The Balaban J connectivity index is 0.00000147. The Bertz CT molecular complexity index is 527. The van der Waals surface area contributed by atoms with Crippen LogP contribution in [0.25, 0.3) is 0 Å². The summed E-state index contributed by atoms with van der Waals surface area (Å²) in [4.78, 5) is 14.7. The number of amides is 1. The second kappa shape index (κ2) is 5.34. The van der Waals surface area contributed by atoms with Crippen LogP contribution >= 0.6 is 12.4 Å². The smallest absolute Gasteiger partial charge is 0.238 e. The lowest BCUT2D eigenvalue weighted by Crippen LogP contribution is -2.48. The van der Waals surface area contributed by atoms with E-state index < -0.39 is 5.41 Å². The molecule has 1 aromatic rings. The SMILES string of the molecule is CC(C)N1C(=O)C2(CCNCC2)c2cc(F)ccc21.Cl. The van der Waals surface area contributed by atoms with Crippen molar-refractivity contribution in [2.75, 3.05) is 18.0 Å². The number of piperidine rings is 1. The number of hydrogen-bond donors (Lipinski definition) is 1. The molecule has 1 aromatic carbocycles. The first-order valence-electron chi connectivity index (χ1n) is 6.91. The number of fused-ring (bicyclic) bond motifs is 2. The Kier molecular flexibility index (Phi) is 4.07. The first-order valence-corrected chi connectivity index (χ1v) is 6.91. The van der Waals surface area contributed by atoms with E-state index in [4.69, 9.17) is 0 Å². The van der Waals surface area contributed by atoms with Crippen LogP contribution in [0.1, 0.15) is 32.3 Å². The number of rotatable bonds is 1. The molecule has 1 N–H and O–H groups in total. The largest absolute Gasteiger partial charge is 0.317 e. The van der Waals surface area contributed by atoms with Gasteiger partial charge in [-0.05, 0) is 63.5 Å². The zero-order valence-corrected chi connectivity index (χ0v) is 12.6. The molecule has 110 valence electrons. The molecule has 2 aliphatic heterocycles. The number of halogens is 2. The van der Waals surface area contributed by atoms with Gasteiger partial charge in [0.1, 0.15) is 5.82 Å². The summed E-state index contributed by atoms with van der Waals surface area (Å²) < 4.78 is 13.6. The first-order chi connectivity index (χ1) is 9.06. The zero-order valence-electron chi connectivity index (χ0n) is 11.8. The van der Waals surface area contributed by atoms with E-state index in [1.54, 1.807) is 12.1 Å². The molecule has 2 heterocycles. The molecule has 0 aliphatic carbocycles. The van der Waals surface area contributed by atoms with Gasteiger partial charge in [0.2, 0.25) is 5.91 Å². The van der Waals surface area contributed by atoms with Crippen LogP contribution in [0.4, 0.5) is 10.1 Å². The average Bonchev–Trinajstić information content (AvgIpc) is 2.61. The summed E-state index contributed by atoms with van der Waals surface area (Å²) in [5.74, 6) is -0.111. The van der Waals surface area contributed by atoms with Gasteiger partial charge in [-0.3, -0.25) is 4.79 Å². The van der Waals surface area contributed by atoms with E-state index in [1.165, 1.54) is 6.07 Å².